The molecule has 0 saturated heterocycles. The Kier molecular flexibility index (Phi) is 4.64. The fourth-order valence-corrected chi connectivity index (χ4v) is 4.20. The molecule has 0 spiro atoms. The van der Waals surface area contributed by atoms with Crippen LogP contribution >= 0.6 is 11.6 Å². The van der Waals surface area contributed by atoms with Crippen LogP contribution in [0, 0.1) is 6.92 Å². The summed E-state index contributed by atoms with van der Waals surface area (Å²) in [5.74, 6) is 0.00122. The molecule has 1 atom stereocenters. The second-order valence-corrected chi connectivity index (χ2v) is 7.90. The van der Waals surface area contributed by atoms with E-state index in [-0.39, 0.29) is 39.2 Å². The van der Waals surface area contributed by atoms with Crippen molar-refractivity contribution in [3.8, 4) is 11.5 Å². The van der Waals surface area contributed by atoms with Gasteiger partial charge in [0.05, 0.1) is 24.1 Å². The van der Waals surface area contributed by atoms with Gasteiger partial charge in [-0.15, -0.1) is 0 Å². The lowest BCUT2D eigenvalue weighted by Gasteiger charge is -2.24. The third-order valence-electron chi connectivity index (χ3n) is 5.47. The van der Waals surface area contributed by atoms with E-state index in [4.69, 9.17) is 20.8 Å². The summed E-state index contributed by atoms with van der Waals surface area (Å²) < 4.78 is 11.2. The van der Waals surface area contributed by atoms with Crippen LogP contribution in [0.2, 0.25) is 5.02 Å². The van der Waals surface area contributed by atoms with Crippen LogP contribution in [0.4, 0.5) is 5.82 Å². The number of amides is 1. The number of aryl methyl sites for hydroxylation is 1. The minimum absolute atomic E-state index is 0.0508. The number of ether oxygens (including phenoxy) is 1. The quantitative estimate of drug-likeness (QED) is 0.492. The smallest absolute Gasteiger partial charge is 0.296 e. The number of nitrogens with zero attached hydrogens (tertiary/aromatic N) is 2. The number of pyridine rings is 1. The zero-order chi connectivity index (χ0) is 22.6. The zero-order valence-electron chi connectivity index (χ0n) is 17.1. The van der Waals surface area contributed by atoms with Gasteiger partial charge in [-0.25, -0.2) is 4.98 Å². The maximum atomic E-state index is 13.6. The number of fused-ring (bicyclic) bond motifs is 2. The topological polar surface area (TPSA) is 92.9 Å². The first-order chi connectivity index (χ1) is 15.4. The van der Waals surface area contributed by atoms with Crippen LogP contribution in [0.1, 0.15) is 33.4 Å². The van der Waals surface area contributed by atoms with E-state index >= 15 is 0 Å². The summed E-state index contributed by atoms with van der Waals surface area (Å²) in [6, 6.07) is 13.8. The molecule has 7 nitrogen and oxygen atoms in total. The molecule has 1 aliphatic rings. The van der Waals surface area contributed by atoms with E-state index in [0.717, 1.165) is 0 Å². The van der Waals surface area contributed by atoms with Crippen molar-refractivity contribution < 1.29 is 19.1 Å². The number of hydrogen-bond acceptors (Lipinski definition) is 6. The predicted octanol–water partition coefficient (Wildman–Crippen LogP) is 4.61. The number of anilines is 1. The number of aromatic nitrogens is 1. The monoisotopic (exact) mass is 448 g/mol. The molecule has 5 rings (SSSR count). The highest BCUT2D eigenvalue weighted by atomic mass is 35.5. The maximum absolute atomic E-state index is 13.6. The van der Waals surface area contributed by atoms with E-state index in [9.17, 15) is 14.7 Å². The first-order valence-corrected chi connectivity index (χ1v) is 10.2. The van der Waals surface area contributed by atoms with Gasteiger partial charge < -0.3 is 14.3 Å². The summed E-state index contributed by atoms with van der Waals surface area (Å²) >= 11 is 6.11. The maximum Gasteiger partial charge on any atom is 0.296 e. The first-order valence-electron chi connectivity index (χ1n) is 9.79. The molecular weight excluding hydrogens is 432 g/mol. The van der Waals surface area contributed by atoms with Crippen molar-refractivity contribution in [3.63, 3.8) is 0 Å². The highest BCUT2D eigenvalue weighted by Gasteiger charge is 2.44. The highest BCUT2D eigenvalue weighted by Crippen LogP contribution is 2.42. The third-order valence-corrected chi connectivity index (χ3v) is 5.71. The fourth-order valence-electron chi connectivity index (χ4n) is 4.02. The van der Waals surface area contributed by atoms with Crippen LogP contribution < -0.4 is 15.1 Å². The van der Waals surface area contributed by atoms with Crippen LogP contribution in [0.3, 0.4) is 0 Å². The second kappa shape index (κ2) is 7.39. The van der Waals surface area contributed by atoms with Crippen molar-refractivity contribution >= 4 is 34.3 Å². The number of rotatable bonds is 3. The van der Waals surface area contributed by atoms with Crippen LogP contribution in [0.5, 0.6) is 11.5 Å². The second-order valence-electron chi connectivity index (χ2n) is 7.46. The molecule has 0 fully saturated rings. The molecule has 4 aromatic rings. The molecule has 160 valence electrons. The van der Waals surface area contributed by atoms with Crippen LogP contribution in [0.25, 0.3) is 11.0 Å². The van der Waals surface area contributed by atoms with Crippen LogP contribution in [-0.4, -0.2) is 23.1 Å². The molecule has 32 heavy (non-hydrogen) atoms. The minimum Gasteiger partial charge on any atom is -0.504 e. The molecule has 0 aliphatic carbocycles. The SMILES string of the molecule is COc1cc([C@@H]2c3c(oc4ccc(Cl)cc4c3=O)C(=O)N2c2cccc(C)n2)ccc1O. The number of phenolic OH excluding ortho intramolecular Hbond substituents is 1. The lowest BCUT2D eigenvalue weighted by Crippen LogP contribution is -2.30. The lowest BCUT2D eigenvalue weighted by molar-refractivity contribution is 0.0970. The standard InChI is InChI=1S/C24H17ClN2O5/c1-12-4-3-5-19(26-12)27-21(13-6-8-16(28)18(10-13)31-2)20-22(29)15-11-14(25)7-9-17(15)32-23(20)24(27)30/h3-11,21,28H,1-2H3/t21-/m1/s1. The molecule has 1 amide bonds. The molecule has 0 radical (unpaired) electrons. The van der Waals surface area contributed by atoms with Gasteiger partial charge in [0.15, 0.2) is 16.9 Å². The Labute approximate surface area is 187 Å². The summed E-state index contributed by atoms with van der Waals surface area (Å²) in [4.78, 5) is 33.0. The number of phenols is 1. The van der Waals surface area contributed by atoms with E-state index in [1.165, 1.54) is 24.1 Å². The van der Waals surface area contributed by atoms with E-state index in [2.05, 4.69) is 4.98 Å². The van der Waals surface area contributed by atoms with Crippen molar-refractivity contribution in [1.82, 2.24) is 4.98 Å². The molecule has 0 unspecified atom stereocenters. The van der Waals surface area contributed by atoms with Crippen molar-refractivity contribution in [3.05, 3.63) is 92.4 Å². The van der Waals surface area contributed by atoms with Crippen molar-refractivity contribution in [1.29, 1.82) is 0 Å². The minimum atomic E-state index is -0.832. The van der Waals surface area contributed by atoms with Gasteiger partial charge in [0.1, 0.15) is 11.4 Å². The third kappa shape index (κ3) is 3.01. The zero-order valence-corrected chi connectivity index (χ0v) is 17.9. The summed E-state index contributed by atoms with van der Waals surface area (Å²) in [5, 5.41) is 10.7. The normalized spacial score (nSPS) is 15.3. The van der Waals surface area contributed by atoms with Crippen LogP contribution in [-0.2, 0) is 0 Å². The molecule has 1 aliphatic heterocycles. The number of methoxy groups -OCH3 is 1. The number of hydrogen-bond donors (Lipinski definition) is 1. The Morgan fingerprint density at radius 2 is 1.94 bits per heavy atom. The summed E-state index contributed by atoms with van der Waals surface area (Å²) in [7, 11) is 1.43. The molecule has 0 bridgehead atoms. The Balaban J connectivity index is 1.83. The molecule has 2 aromatic carbocycles. The van der Waals surface area contributed by atoms with Gasteiger partial charge in [-0.2, -0.15) is 0 Å². The van der Waals surface area contributed by atoms with Gasteiger partial charge in [-0.05, 0) is 55.0 Å². The average Bonchev–Trinajstić information content (AvgIpc) is 3.07. The summed E-state index contributed by atoms with van der Waals surface area (Å²) in [6.07, 6.45) is 0. The predicted molar refractivity (Wildman–Crippen MR) is 120 cm³/mol. The summed E-state index contributed by atoms with van der Waals surface area (Å²) in [5.41, 5.74) is 1.37. The van der Waals surface area contributed by atoms with Crippen LogP contribution in [0.15, 0.2) is 63.8 Å². The Hall–Kier alpha value is -3.84. The molecule has 8 heteroatoms. The van der Waals surface area contributed by atoms with Crippen molar-refractivity contribution in [2.24, 2.45) is 0 Å². The highest BCUT2D eigenvalue weighted by molar-refractivity contribution is 6.31. The molecule has 3 heterocycles. The van der Waals surface area contributed by atoms with Gasteiger partial charge in [-0.3, -0.25) is 14.5 Å². The molecule has 1 N–H and O–H groups in total. The number of carbonyl (C=O) groups excluding carboxylic acids is 1. The lowest BCUT2D eigenvalue weighted by atomic mass is 9.98. The van der Waals surface area contributed by atoms with E-state index in [1.807, 2.05) is 13.0 Å². The molecule has 2 aromatic heterocycles. The van der Waals surface area contributed by atoms with Gasteiger partial charge >= 0.3 is 0 Å². The largest absolute Gasteiger partial charge is 0.504 e. The van der Waals surface area contributed by atoms with Gasteiger partial charge in [-0.1, -0.05) is 23.7 Å². The van der Waals surface area contributed by atoms with Gasteiger partial charge in [0, 0.05) is 10.7 Å². The Bertz CT molecular complexity index is 1460. The summed E-state index contributed by atoms with van der Waals surface area (Å²) in [6.45, 7) is 1.81. The molecule has 0 saturated carbocycles. The van der Waals surface area contributed by atoms with Gasteiger partial charge in [0.2, 0.25) is 5.76 Å². The van der Waals surface area contributed by atoms with Crippen molar-refractivity contribution in [2.75, 3.05) is 12.0 Å². The Morgan fingerprint density at radius 1 is 1.12 bits per heavy atom. The fraction of sp³-hybridized carbons (Fsp3) is 0.125. The average molecular weight is 449 g/mol. The van der Waals surface area contributed by atoms with E-state index < -0.39 is 11.9 Å². The van der Waals surface area contributed by atoms with Gasteiger partial charge in [0.25, 0.3) is 5.91 Å². The Morgan fingerprint density at radius 3 is 2.69 bits per heavy atom. The van der Waals surface area contributed by atoms with E-state index in [0.29, 0.717) is 22.1 Å². The number of carbonyl (C=O) groups is 1. The number of aromatic hydroxyl groups is 1. The van der Waals surface area contributed by atoms with Crippen molar-refractivity contribution in [2.45, 2.75) is 13.0 Å². The molecular formula is C24H17ClN2O5. The van der Waals surface area contributed by atoms with E-state index in [1.54, 1.807) is 36.4 Å². The first kappa shape index (κ1) is 20.1. The number of halogens is 1. The number of benzene rings is 2.